The Balaban J connectivity index is 2.12. The van der Waals surface area contributed by atoms with Crippen molar-refractivity contribution in [3.8, 4) is 5.75 Å². The van der Waals surface area contributed by atoms with Gasteiger partial charge in [0.15, 0.2) is 0 Å². The number of aryl methyl sites for hydroxylation is 1. The largest absolute Gasteiger partial charge is 0.508 e. The summed E-state index contributed by atoms with van der Waals surface area (Å²) in [5, 5.41) is 9.39. The van der Waals surface area contributed by atoms with Crippen LogP contribution in [-0.4, -0.2) is 18.1 Å². The van der Waals surface area contributed by atoms with Crippen LogP contribution < -0.4 is 4.90 Å². The molecular weight excluding hydrogens is 238 g/mol. The minimum absolute atomic E-state index is 0.00352. The zero-order valence-corrected chi connectivity index (χ0v) is 11.1. The molecule has 3 nitrogen and oxygen atoms in total. The van der Waals surface area contributed by atoms with Crippen LogP contribution in [0.4, 0.5) is 5.69 Å². The van der Waals surface area contributed by atoms with Crippen LogP contribution in [0.25, 0.3) is 0 Å². The van der Waals surface area contributed by atoms with Gasteiger partial charge >= 0.3 is 0 Å². The molecule has 1 amide bonds. The van der Waals surface area contributed by atoms with Crippen molar-refractivity contribution in [3.63, 3.8) is 0 Å². The second kappa shape index (κ2) is 5.57. The predicted molar refractivity (Wildman–Crippen MR) is 76.4 cm³/mol. The summed E-state index contributed by atoms with van der Waals surface area (Å²) in [5.41, 5.74) is 2.81. The first kappa shape index (κ1) is 13.1. The maximum atomic E-state index is 12.2. The molecule has 0 aliphatic carbocycles. The molecule has 0 aliphatic rings. The van der Waals surface area contributed by atoms with Crippen molar-refractivity contribution in [2.24, 2.45) is 0 Å². The Morgan fingerprint density at radius 1 is 1.16 bits per heavy atom. The minimum atomic E-state index is -0.00352. The summed E-state index contributed by atoms with van der Waals surface area (Å²) in [5.74, 6) is 0.180. The molecule has 19 heavy (non-hydrogen) atoms. The monoisotopic (exact) mass is 255 g/mol. The molecule has 0 saturated heterocycles. The van der Waals surface area contributed by atoms with Crippen LogP contribution >= 0.6 is 0 Å². The fourth-order valence-corrected chi connectivity index (χ4v) is 1.94. The van der Waals surface area contributed by atoms with Crippen molar-refractivity contribution in [1.29, 1.82) is 0 Å². The average Bonchev–Trinajstić information content (AvgIpc) is 2.38. The number of anilines is 1. The highest BCUT2D eigenvalue weighted by Crippen LogP contribution is 2.17. The van der Waals surface area contributed by atoms with E-state index in [-0.39, 0.29) is 18.1 Å². The molecule has 0 unspecified atom stereocenters. The number of carbonyl (C=O) groups is 1. The van der Waals surface area contributed by atoms with E-state index < -0.39 is 0 Å². The Kier molecular flexibility index (Phi) is 3.85. The number of aromatic hydroxyl groups is 1. The van der Waals surface area contributed by atoms with Crippen LogP contribution in [-0.2, 0) is 11.2 Å². The van der Waals surface area contributed by atoms with Gasteiger partial charge in [-0.25, -0.2) is 0 Å². The number of phenolic OH excluding ortho intramolecular Hbond substituents is 1. The molecule has 3 heteroatoms. The number of likely N-dealkylation sites (N-methyl/N-ethyl adjacent to an activating group) is 1. The van der Waals surface area contributed by atoms with Crippen LogP contribution in [0.2, 0.25) is 0 Å². The van der Waals surface area contributed by atoms with Crippen LogP contribution in [0.1, 0.15) is 11.1 Å². The second-order valence-corrected chi connectivity index (χ2v) is 4.64. The molecule has 98 valence electrons. The molecule has 0 atom stereocenters. The van der Waals surface area contributed by atoms with Crippen molar-refractivity contribution in [3.05, 3.63) is 59.7 Å². The Hall–Kier alpha value is -2.29. The standard InChI is InChI=1S/C16H17NO2/c1-12-5-3-7-14(9-12)17(2)16(19)11-13-6-4-8-15(18)10-13/h3-10,18H,11H2,1-2H3. The van der Waals surface area contributed by atoms with Crippen molar-refractivity contribution in [2.45, 2.75) is 13.3 Å². The maximum Gasteiger partial charge on any atom is 0.231 e. The number of nitrogens with zero attached hydrogens (tertiary/aromatic N) is 1. The highest BCUT2D eigenvalue weighted by Gasteiger charge is 2.11. The Bertz CT molecular complexity index is 593. The zero-order chi connectivity index (χ0) is 13.8. The lowest BCUT2D eigenvalue weighted by atomic mass is 10.1. The van der Waals surface area contributed by atoms with Gasteiger partial charge in [-0.05, 0) is 42.3 Å². The third-order valence-corrected chi connectivity index (χ3v) is 3.03. The highest BCUT2D eigenvalue weighted by molar-refractivity contribution is 5.94. The third kappa shape index (κ3) is 3.35. The summed E-state index contributed by atoms with van der Waals surface area (Å²) in [6.45, 7) is 2.00. The summed E-state index contributed by atoms with van der Waals surface area (Å²) in [4.78, 5) is 13.8. The SMILES string of the molecule is Cc1cccc(N(C)C(=O)Cc2cccc(O)c2)c1. The van der Waals surface area contributed by atoms with Crippen LogP contribution in [0.5, 0.6) is 5.75 Å². The molecule has 0 aliphatic heterocycles. The van der Waals surface area contributed by atoms with Gasteiger partial charge in [0.2, 0.25) is 5.91 Å². The van der Waals surface area contributed by atoms with E-state index in [0.29, 0.717) is 0 Å². The molecule has 0 fully saturated rings. The lowest BCUT2D eigenvalue weighted by molar-refractivity contribution is -0.117. The van der Waals surface area contributed by atoms with E-state index in [2.05, 4.69) is 0 Å². The Morgan fingerprint density at radius 3 is 2.58 bits per heavy atom. The van der Waals surface area contributed by atoms with Crippen LogP contribution in [0.3, 0.4) is 0 Å². The van der Waals surface area contributed by atoms with E-state index in [9.17, 15) is 9.90 Å². The molecule has 0 aromatic heterocycles. The van der Waals surface area contributed by atoms with Gasteiger partial charge in [0.05, 0.1) is 6.42 Å². The van der Waals surface area contributed by atoms with E-state index in [1.54, 1.807) is 30.1 Å². The molecular formula is C16H17NO2. The Morgan fingerprint density at radius 2 is 1.89 bits per heavy atom. The van der Waals surface area contributed by atoms with E-state index in [1.165, 1.54) is 0 Å². The molecule has 2 rings (SSSR count). The van der Waals surface area contributed by atoms with Gasteiger partial charge in [0, 0.05) is 12.7 Å². The second-order valence-electron chi connectivity index (χ2n) is 4.64. The van der Waals surface area contributed by atoms with Crippen molar-refractivity contribution >= 4 is 11.6 Å². The van der Waals surface area contributed by atoms with Gasteiger partial charge in [0.25, 0.3) is 0 Å². The number of phenols is 1. The minimum Gasteiger partial charge on any atom is -0.508 e. The number of rotatable bonds is 3. The molecule has 0 saturated carbocycles. The normalized spacial score (nSPS) is 10.2. The molecule has 0 bridgehead atoms. The highest BCUT2D eigenvalue weighted by atomic mass is 16.3. The first-order valence-electron chi connectivity index (χ1n) is 6.17. The van der Waals surface area contributed by atoms with Gasteiger partial charge in [0.1, 0.15) is 5.75 Å². The summed E-state index contributed by atoms with van der Waals surface area (Å²) in [6.07, 6.45) is 0.277. The van der Waals surface area contributed by atoms with Crippen LogP contribution in [0.15, 0.2) is 48.5 Å². The lowest BCUT2D eigenvalue weighted by Crippen LogP contribution is -2.27. The number of amides is 1. The molecule has 1 N–H and O–H groups in total. The lowest BCUT2D eigenvalue weighted by Gasteiger charge is -2.18. The maximum absolute atomic E-state index is 12.2. The predicted octanol–water partition coefficient (Wildman–Crippen LogP) is 2.91. The molecule has 0 spiro atoms. The number of hydrogen-bond acceptors (Lipinski definition) is 2. The van der Waals surface area contributed by atoms with E-state index >= 15 is 0 Å². The van der Waals surface area contributed by atoms with Gasteiger partial charge in [-0.2, -0.15) is 0 Å². The molecule has 2 aromatic carbocycles. The van der Waals surface area contributed by atoms with E-state index in [0.717, 1.165) is 16.8 Å². The number of benzene rings is 2. The first-order chi connectivity index (χ1) is 9.06. The zero-order valence-electron chi connectivity index (χ0n) is 11.1. The average molecular weight is 255 g/mol. The van der Waals surface area contributed by atoms with Gasteiger partial charge in [-0.3, -0.25) is 4.79 Å². The Labute approximate surface area is 113 Å². The van der Waals surface area contributed by atoms with Crippen molar-refractivity contribution < 1.29 is 9.90 Å². The van der Waals surface area contributed by atoms with E-state index in [1.807, 2.05) is 37.3 Å². The molecule has 2 aromatic rings. The van der Waals surface area contributed by atoms with Gasteiger partial charge < -0.3 is 10.0 Å². The summed E-state index contributed by atoms with van der Waals surface area (Å²) >= 11 is 0. The molecule has 0 heterocycles. The van der Waals surface area contributed by atoms with Crippen molar-refractivity contribution in [2.75, 3.05) is 11.9 Å². The fourth-order valence-electron chi connectivity index (χ4n) is 1.94. The topological polar surface area (TPSA) is 40.5 Å². The van der Waals surface area contributed by atoms with Crippen molar-refractivity contribution in [1.82, 2.24) is 0 Å². The number of hydrogen-bond donors (Lipinski definition) is 1. The quantitative estimate of drug-likeness (QED) is 0.916. The number of carbonyl (C=O) groups excluding carboxylic acids is 1. The fraction of sp³-hybridized carbons (Fsp3) is 0.188. The van der Waals surface area contributed by atoms with Gasteiger partial charge in [-0.15, -0.1) is 0 Å². The summed E-state index contributed by atoms with van der Waals surface area (Å²) < 4.78 is 0. The smallest absolute Gasteiger partial charge is 0.231 e. The van der Waals surface area contributed by atoms with E-state index in [4.69, 9.17) is 0 Å². The summed E-state index contributed by atoms with van der Waals surface area (Å²) in [6, 6.07) is 14.6. The van der Waals surface area contributed by atoms with Crippen LogP contribution in [0, 0.1) is 6.92 Å². The van der Waals surface area contributed by atoms with Gasteiger partial charge in [-0.1, -0.05) is 24.3 Å². The molecule has 0 radical (unpaired) electrons. The third-order valence-electron chi connectivity index (χ3n) is 3.03. The summed E-state index contributed by atoms with van der Waals surface area (Å²) in [7, 11) is 1.76. The first-order valence-corrected chi connectivity index (χ1v) is 6.17.